The molecule has 0 saturated carbocycles. The summed E-state index contributed by atoms with van der Waals surface area (Å²) in [7, 11) is 0. The molecule has 0 aliphatic rings. The number of hydrogen-bond acceptors (Lipinski definition) is 1. The number of benzene rings is 1. The van der Waals surface area contributed by atoms with Crippen molar-refractivity contribution >= 4 is 12.4 Å². The van der Waals surface area contributed by atoms with Crippen molar-refractivity contribution in [3.05, 3.63) is 29.3 Å². The Morgan fingerprint density at radius 2 is 1.27 bits per heavy atom. The minimum absolute atomic E-state index is 0. The molecule has 0 unspecified atom stereocenters. The average molecular weight is 306 g/mol. The third kappa shape index (κ3) is 4.28. The molecule has 0 bridgehead atoms. The number of rotatable bonds is 2. The van der Waals surface area contributed by atoms with Crippen LogP contribution in [0, 0.1) is 0 Å². The van der Waals surface area contributed by atoms with Crippen LogP contribution in [-0.4, -0.2) is 5.11 Å². The zero-order valence-electron chi connectivity index (χ0n) is 9.74. The Morgan fingerprint density at radius 1 is 0.933 bits per heavy atom. The minimum atomic E-state index is 0. The molecular weight excluding hydrogens is 287 g/mol. The van der Waals surface area contributed by atoms with Crippen molar-refractivity contribution in [2.24, 2.45) is 0 Å². The monoisotopic (exact) mass is 304 g/mol. The van der Waals surface area contributed by atoms with Crippen molar-refractivity contribution in [2.45, 2.75) is 39.5 Å². The Kier molecular flexibility index (Phi) is 8.75. The van der Waals surface area contributed by atoms with Gasteiger partial charge in [-0.1, -0.05) is 45.9 Å². The SMILES string of the molecule is CC(C)c1cccc(C(C)C)c1O.Cl.[Zr]. The van der Waals surface area contributed by atoms with Gasteiger partial charge in [0.25, 0.3) is 0 Å². The van der Waals surface area contributed by atoms with Crippen LogP contribution >= 0.6 is 12.4 Å². The van der Waals surface area contributed by atoms with Crippen molar-refractivity contribution in [3.8, 4) is 5.75 Å². The van der Waals surface area contributed by atoms with Crippen LogP contribution in [0.15, 0.2) is 18.2 Å². The van der Waals surface area contributed by atoms with Crippen LogP contribution in [0.5, 0.6) is 5.75 Å². The first-order chi connectivity index (χ1) is 6.04. The van der Waals surface area contributed by atoms with Crippen LogP contribution in [0.2, 0.25) is 0 Å². The van der Waals surface area contributed by atoms with E-state index in [1.165, 1.54) is 0 Å². The van der Waals surface area contributed by atoms with E-state index < -0.39 is 0 Å². The Morgan fingerprint density at radius 3 is 1.53 bits per heavy atom. The first kappa shape index (κ1) is 17.6. The van der Waals surface area contributed by atoms with Crippen molar-refractivity contribution < 1.29 is 31.3 Å². The van der Waals surface area contributed by atoms with E-state index in [-0.39, 0.29) is 38.6 Å². The molecule has 1 nitrogen and oxygen atoms in total. The zero-order valence-corrected chi connectivity index (χ0v) is 13.0. The smallest absolute Gasteiger partial charge is 0.122 e. The van der Waals surface area contributed by atoms with E-state index in [1.807, 2.05) is 18.2 Å². The average Bonchev–Trinajstić information content (AvgIpc) is 2.03. The summed E-state index contributed by atoms with van der Waals surface area (Å²) in [6.07, 6.45) is 0. The van der Waals surface area contributed by atoms with E-state index in [0.29, 0.717) is 17.6 Å². The number of aromatic hydroxyl groups is 1. The van der Waals surface area contributed by atoms with Gasteiger partial charge in [0, 0.05) is 26.2 Å². The molecule has 0 aliphatic carbocycles. The maximum Gasteiger partial charge on any atom is 0.122 e. The summed E-state index contributed by atoms with van der Waals surface area (Å²) in [5.41, 5.74) is 2.09. The number of para-hydroxylation sites is 1. The Hall–Kier alpha value is 0.193. The summed E-state index contributed by atoms with van der Waals surface area (Å²) in [6.45, 7) is 8.39. The zero-order chi connectivity index (χ0) is 10.0. The first-order valence-corrected chi connectivity index (χ1v) is 4.85. The Balaban J connectivity index is 0. The molecule has 15 heavy (non-hydrogen) atoms. The second kappa shape index (κ2) is 7.46. The van der Waals surface area contributed by atoms with Gasteiger partial charge in [-0.25, -0.2) is 0 Å². The second-order valence-electron chi connectivity index (χ2n) is 4.09. The molecule has 3 heteroatoms. The summed E-state index contributed by atoms with van der Waals surface area (Å²) >= 11 is 0. The molecule has 0 atom stereocenters. The van der Waals surface area contributed by atoms with Gasteiger partial charge in [0.15, 0.2) is 0 Å². The molecule has 0 aromatic heterocycles. The Bertz CT molecular complexity index is 271. The third-order valence-corrected chi connectivity index (χ3v) is 2.34. The van der Waals surface area contributed by atoms with Gasteiger partial charge >= 0.3 is 0 Å². The second-order valence-corrected chi connectivity index (χ2v) is 4.09. The van der Waals surface area contributed by atoms with Crippen LogP contribution in [0.25, 0.3) is 0 Å². The number of halogens is 1. The fraction of sp³-hybridized carbons (Fsp3) is 0.500. The van der Waals surface area contributed by atoms with Gasteiger partial charge in [-0.2, -0.15) is 0 Å². The third-order valence-electron chi connectivity index (χ3n) is 2.34. The van der Waals surface area contributed by atoms with Crippen molar-refractivity contribution in [1.29, 1.82) is 0 Å². The molecule has 0 spiro atoms. The van der Waals surface area contributed by atoms with Gasteiger partial charge in [0.1, 0.15) is 5.75 Å². The van der Waals surface area contributed by atoms with Crippen LogP contribution in [0.4, 0.5) is 0 Å². The van der Waals surface area contributed by atoms with Gasteiger partial charge in [0.05, 0.1) is 0 Å². The fourth-order valence-corrected chi connectivity index (χ4v) is 1.51. The van der Waals surface area contributed by atoms with E-state index in [4.69, 9.17) is 0 Å². The molecule has 0 radical (unpaired) electrons. The first-order valence-electron chi connectivity index (χ1n) is 4.85. The summed E-state index contributed by atoms with van der Waals surface area (Å²) in [4.78, 5) is 0. The van der Waals surface area contributed by atoms with E-state index in [1.54, 1.807) is 0 Å². The standard InChI is InChI=1S/C12H18O.ClH.Zr/c1-8(2)10-6-5-7-11(9(3)4)12(10)13;;/h5-9,13H,1-4H3;1H;. The van der Waals surface area contributed by atoms with Crippen molar-refractivity contribution in [2.75, 3.05) is 0 Å². The predicted octanol–water partition coefficient (Wildman–Crippen LogP) is 4.06. The molecular formula is C12H19ClOZr. The minimum Gasteiger partial charge on any atom is -0.507 e. The summed E-state index contributed by atoms with van der Waals surface area (Å²) in [6, 6.07) is 6.00. The molecule has 0 aliphatic heterocycles. The maximum atomic E-state index is 9.93. The molecule has 1 rings (SSSR count). The number of phenolic OH excluding ortho intramolecular Hbond substituents is 1. The maximum absolute atomic E-state index is 9.93. The molecule has 1 aromatic rings. The van der Waals surface area contributed by atoms with Crippen LogP contribution in [0.3, 0.4) is 0 Å². The van der Waals surface area contributed by atoms with Crippen LogP contribution in [0.1, 0.15) is 50.7 Å². The van der Waals surface area contributed by atoms with Crippen LogP contribution < -0.4 is 0 Å². The van der Waals surface area contributed by atoms with Gasteiger partial charge in [0.2, 0.25) is 0 Å². The molecule has 0 fully saturated rings. The van der Waals surface area contributed by atoms with E-state index in [0.717, 1.165) is 11.1 Å². The van der Waals surface area contributed by atoms with E-state index >= 15 is 0 Å². The largest absolute Gasteiger partial charge is 0.507 e. The van der Waals surface area contributed by atoms with Crippen molar-refractivity contribution in [3.63, 3.8) is 0 Å². The Labute approximate surface area is 118 Å². The number of hydrogen-bond donors (Lipinski definition) is 1. The quantitative estimate of drug-likeness (QED) is 0.873. The van der Waals surface area contributed by atoms with Gasteiger partial charge in [-0.05, 0) is 23.0 Å². The summed E-state index contributed by atoms with van der Waals surface area (Å²) < 4.78 is 0. The molecule has 84 valence electrons. The molecule has 1 N–H and O–H groups in total. The van der Waals surface area contributed by atoms with Gasteiger partial charge in [-0.3, -0.25) is 0 Å². The van der Waals surface area contributed by atoms with Crippen molar-refractivity contribution in [1.82, 2.24) is 0 Å². The van der Waals surface area contributed by atoms with Gasteiger partial charge in [-0.15, -0.1) is 12.4 Å². The molecule has 0 amide bonds. The molecule has 0 saturated heterocycles. The summed E-state index contributed by atoms with van der Waals surface area (Å²) in [5.74, 6) is 1.25. The predicted molar refractivity (Wildman–Crippen MR) is 63.5 cm³/mol. The molecule has 1 aromatic carbocycles. The topological polar surface area (TPSA) is 20.2 Å². The van der Waals surface area contributed by atoms with E-state index in [9.17, 15) is 5.11 Å². The molecule has 0 heterocycles. The number of phenols is 1. The summed E-state index contributed by atoms with van der Waals surface area (Å²) in [5, 5.41) is 9.93. The normalized spacial score (nSPS) is 9.73. The van der Waals surface area contributed by atoms with Crippen LogP contribution in [-0.2, 0) is 26.2 Å². The van der Waals surface area contributed by atoms with E-state index in [2.05, 4.69) is 27.7 Å². The fourth-order valence-electron chi connectivity index (χ4n) is 1.51. The van der Waals surface area contributed by atoms with Gasteiger partial charge < -0.3 is 5.11 Å².